The summed E-state index contributed by atoms with van der Waals surface area (Å²) < 4.78 is 0.806. The number of rotatable bonds is 4. The highest BCUT2D eigenvalue weighted by Crippen LogP contribution is 2.26. The summed E-state index contributed by atoms with van der Waals surface area (Å²) in [5.74, 6) is 0. The Labute approximate surface area is 87.5 Å². The van der Waals surface area contributed by atoms with Gasteiger partial charge in [-0.3, -0.25) is 0 Å². The van der Waals surface area contributed by atoms with E-state index in [1.807, 2.05) is 19.1 Å². The first kappa shape index (κ1) is 11.0. The number of thiophene rings is 1. The second-order valence-electron chi connectivity index (χ2n) is 3.11. The van der Waals surface area contributed by atoms with Gasteiger partial charge in [0.25, 0.3) is 0 Å². The molecule has 1 aromatic heterocycles. The summed E-state index contributed by atoms with van der Waals surface area (Å²) in [4.78, 5) is 1.20. The fraction of sp³-hybridized carbons (Fsp3) is 0.556. The predicted molar refractivity (Wildman–Crippen MR) is 57.4 cm³/mol. The largest absolute Gasteiger partial charge is 0.395 e. The number of hydrogen-bond acceptors (Lipinski definition) is 3. The lowest BCUT2D eigenvalue weighted by atomic mass is 10.2. The third-order valence-electron chi connectivity index (χ3n) is 1.83. The highest BCUT2D eigenvalue weighted by Gasteiger charge is 2.10. The molecule has 0 aromatic carbocycles. The number of hydrogen-bond donors (Lipinski definition) is 2. The average Bonchev–Trinajstić information content (AvgIpc) is 2.51. The number of nitrogens with one attached hydrogen (secondary N) is 1. The first-order valence-corrected chi connectivity index (χ1v) is 5.45. The van der Waals surface area contributed by atoms with Crippen molar-refractivity contribution in [2.24, 2.45) is 0 Å². The van der Waals surface area contributed by atoms with Crippen molar-refractivity contribution < 1.29 is 5.11 Å². The van der Waals surface area contributed by atoms with E-state index in [1.165, 1.54) is 4.88 Å². The molecule has 0 amide bonds. The summed E-state index contributed by atoms with van der Waals surface area (Å²) in [7, 11) is 0. The first-order chi connectivity index (χ1) is 6.13. The molecule has 0 spiro atoms. The number of halogens is 1. The van der Waals surface area contributed by atoms with Crippen LogP contribution in [-0.2, 0) is 0 Å². The van der Waals surface area contributed by atoms with Gasteiger partial charge in [0.15, 0.2) is 0 Å². The van der Waals surface area contributed by atoms with Crippen LogP contribution in [0.2, 0.25) is 4.34 Å². The Balaban J connectivity index is 2.53. The lowest BCUT2D eigenvalue weighted by molar-refractivity contribution is 0.243. The van der Waals surface area contributed by atoms with Crippen LogP contribution in [0, 0.1) is 0 Å². The second kappa shape index (κ2) is 4.96. The van der Waals surface area contributed by atoms with Gasteiger partial charge in [-0.2, -0.15) is 0 Å². The summed E-state index contributed by atoms with van der Waals surface area (Å²) in [5.41, 5.74) is 0. The van der Waals surface area contributed by atoms with E-state index in [-0.39, 0.29) is 18.7 Å². The van der Waals surface area contributed by atoms with Crippen molar-refractivity contribution in [3.63, 3.8) is 0 Å². The molecule has 1 aromatic rings. The van der Waals surface area contributed by atoms with Gasteiger partial charge in [0.05, 0.1) is 10.9 Å². The molecule has 2 nitrogen and oxygen atoms in total. The second-order valence-corrected chi connectivity index (χ2v) is 4.86. The predicted octanol–water partition coefficient (Wildman–Crippen LogP) is 2.43. The first-order valence-electron chi connectivity index (χ1n) is 4.25. The molecule has 2 atom stereocenters. The zero-order chi connectivity index (χ0) is 9.84. The molecular formula is C9H14ClNOS. The summed E-state index contributed by atoms with van der Waals surface area (Å²) in [5, 5.41) is 12.1. The van der Waals surface area contributed by atoms with Crippen molar-refractivity contribution in [1.29, 1.82) is 0 Å². The van der Waals surface area contributed by atoms with E-state index >= 15 is 0 Å². The van der Waals surface area contributed by atoms with Crippen LogP contribution >= 0.6 is 22.9 Å². The molecule has 1 heterocycles. The monoisotopic (exact) mass is 219 g/mol. The van der Waals surface area contributed by atoms with Gasteiger partial charge >= 0.3 is 0 Å². The van der Waals surface area contributed by atoms with Crippen molar-refractivity contribution in [2.45, 2.75) is 25.9 Å². The van der Waals surface area contributed by atoms with Crippen LogP contribution in [0.1, 0.15) is 24.8 Å². The molecule has 0 radical (unpaired) electrons. The highest BCUT2D eigenvalue weighted by molar-refractivity contribution is 7.16. The third kappa shape index (κ3) is 3.27. The molecule has 2 N–H and O–H groups in total. The smallest absolute Gasteiger partial charge is 0.0931 e. The molecule has 74 valence electrons. The van der Waals surface area contributed by atoms with E-state index in [1.54, 1.807) is 11.3 Å². The highest BCUT2D eigenvalue weighted by atomic mass is 35.5. The lowest BCUT2D eigenvalue weighted by Crippen LogP contribution is -2.31. The zero-order valence-electron chi connectivity index (χ0n) is 7.75. The molecule has 1 rings (SSSR count). The average molecular weight is 220 g/mol. The van der Waals surface area contributed by atoms with Crippen LogP contribution in [0.25, 0.3) is 0 Å². The minimum absolute atomic E-state index is 0.121. The number of aliphatic hydroxyl groups excluding tert-OH is 1. The van der Waals surface area contributed by atoms with Crippen LogP contribution in [0.4, 0.5) is 0 Å². The van der Waals surface area contributed by atoms with E-state index in [0.29, 0.717) is 0 Å². The Kier molecular flexibility index (Phi) is 4.19. The Bertz CT molecular complexity index is 264. The molecule has 0 bridgehead atoms. The maximum Gasteiger partial charge on any atom is 0.0931 e. The third-order valence-corrected chi connectivity index (χ3v) is 3.24. The van der Waals surface area contributed by atoms with Crippen molar-refractivity contribution in [3.05, 3.63) is 21.3 Å². The van der Waals surface area contributed by atoms with Crippen LogP contribution in [0.15, 0.2) is 12.1 Å². The normalized spacial score (nSPS) is 15.7. The Hall–Kier alpha value is -0.0900. The van der Waals surface area contributed by atoms with E-state index < -0.39 is 0 Å². The van der Waals surface area contributed by atoms with Crippen LogP contribution in [0.3, 0.4) is 0 Å². The molecule has 0 unspecified atom stereocenters. The van der Waals surface area contributed by atoms with Crippen LogP contribution in [-0.4, -0.2) is 17.8 Å². The van der Waals surface area contributed by atoms with Gasteiger partial charge in [-0.25, -0.2) is 0 Å². The summed E-state index contributed by atoms with van der Waals surface area (Å²) in [6.07, 6.45) is 0. The molecule has 0 fully saturated rings. The Morgan fingerprint density at radius 2 is 2.23 bits per heavy atom. The van der Waals surface area contributed by atoms with Crippen molar-refractivity contribution >= 4 is 22.9 Å². The van der Waals surface area contributed by atoms with Gasteiger partial charge in [-0.05, 0) is 26.0 Å². The van der Waals surface area contributed by atoms with Gasteiger partial charge < -0.3 is 10.4 Å². The summed E-state index contributed by atoms with van der Waals surface area (Å²) in [6.45, 7) is 4.17. The minimum atomic E-state index is 0.121. The van der Waals surface area contributed by atoms with Gasteiger partial charge in [0.1, 0.15) is 0 Å². The standard InChI is InChI=1S/C9H14ClNOS/c1-6(5-12)11-7(2)8-3-4-9(10)13-8/h3-4,6-7,11-12H,5H2,1-2H3/t6-,7+/m0/s1. The molecule has 4 heteroatoms. The molecule has 0 aliphatic rings. The van der Waals surface area contributed by atoms with Gasteiger partial charge in [-0.1, -0.05) is 11.6 Å². The SMILES string of the molecule is C[C@@H](CO)N[C@H](C)c1ccc(Cl)s1. The summed E-state index contributed by atoms with van der Waals surface area (Å²) >= 11 is 7.39. The maximum absolute atomic E-state index is 8.85. The fourth-order valence-corrected chi connectivity index (χ4v) is 2.20. The van der Waals surface area contributed by atoms with E-state index in [2.05, 4.69) is 12.2 Å². The van der Waals surface area contributed by atoms with Crippen LogP contribution < -0.4 is 5.32 Å². The number of aliphatic hydroxyl groups is 1. The molecule has 0 saturated heterocycles. The molecule has 0 saturated carbocycles. The zero-order valence-corrected chi connectivity index (χ0v) is 9.32. The van der Waals surface area contributed by atoms with Crippen molar-refractivity contribution in [3.8, 4) is 0 Å². The lowest BCUT2D eigenvalue weighted by Gasteiger charge is -2.16. The molecule has 0 aliphatic carbocycles. The van der Waals surface area contributed by atoms with E-state index in [4.69, 9.17) is 16.7 Å². The van der Waals surface area contributed by atoms with Gasteiger partial charge in [0, 0.05) is 17.0 Å². The van der Waals surface area contributed by atoms with Gasteiger partial charge in [0.2, 0.25) is 0 Å². The quantitative estimate of drug-likeness (QED) is 0.816. The summed E-state index contributed by atoms with van der Waals surface area (Å²) in [6, 6.07) is 4.27. The van der Waals surface area contributed by atoms with Gasteiger partial charge in [-0.15, -0.1) is 11.3 Å². The maximum atomic E-state index is 8.85. The fourth-order valence-electron chi connectivity index (χ4n) is 1.12. The molecule has 0 aliphatic heterocycles. The molecule has 13 heavy (non-hydrogen) atoms. The van der Waals surface area contributed by atoms with E-state index in [9.17, 15) is 0 Å². The van der Waals surface area contributed by atoms with Crippen LogP contribution in [0.5, 0.6) is 0 Å². The van der Waals surface area contributed by atoms with E-state index in [0.717, 1.165) is 4.34 Å². The molecular weight excluding hydrogens is 206 g/mol. The Morgan fingerprint density at radius 3 is 2.69 bits per heavy atom. The van der Waals surface area contributed by atoms with Crippen molar-refractivity contribution in [1.82, 2.24) is 5.32 Å². The minimum Gasteiger partial charge on any atom is -0.395 e. The van der Waals surface area contributed by atoms with Crippen molar-refractivity contribution in [2.75, 3.05) is 6.61 Å². The topological polar surface area (TPSA) is 32.3 Å². The Morgan fingerprint density at radius 1 is 1.54 bits per heavy atom.